The Morgan fingerprint density at radius 1 is 1.38 bits per heavy atom. The van der Waals surface area contributed by atoms with Crippen molar-refractivity contribution in [3.8, 4) is 0 Å². The molecule has 1 aromatic heterocycles. The molecule has 0 saturated carbocycles. The van der Waals surface area contributed by atoms with Crippen molar-refractivity contribution >= 4 is 5.91 Å². The second kappa shape index (κ2) is 6.27. The van der Waals surface area contributed by atoms with Crippen LogP contribution in [-0.4, -0.2) is 28.9 Å². The van der Waals surface area contributed by atoms with Crippen LogP contribution in [0.1, 0.15) is 28.8 Å². The number of alkyl halides is 3. The zero-order valence-electron chi connectivity index (χ0n) is 12.9. The average molecular weight is 339 g/mol. The number of aromatic nitrogens is 1. The smallest absolute Gasteiger partial charge is 0.416 e. The van der Waals surface area contributed by atoms with E-state index in [0.29, 0.717) is 24.7 Å². The number of hydrogen-bond donors (Lipinski definition) is 1. The monoisotopic (exact) mass is 339 g/mol. The van der Waals surface area contributed by atoms with E-state index in [1.807, 2.05) is 0 Å². The van der Waals surface area contributed by atoms with Crippen molar-refractivity contribution in [2.75, 3.05) is 13.1 Å². The van der Waals surface area contributed by atoms with E-state index in [4.69, 9.17) is 4.42 Å². The molecule has 0 radical (unpaired) electrons. The molecule has 1 atom stereocenters. The third kappa shape index (κ3) is 3.28. The number of oxazole rings is 1. The lowest BCUT2D eigenvalue weighted by Gasteiger charge is -2.35. The third-order valence-corrected chi connectivity index (χ3v) is 3.88. The molecule has 0 spiro atoms. The van der Waals surface area contributed by atoms with Gasteiger partial charge in [-0.15, -0.1) is 0 Å². The molecule has 1 N–H and O–H groups in total. The molecule has 1 saturated heterocycles. The Bertz CT molecular complexity index is 742. The summed E-state index contributed by atoms with van der Waals surface area (Å²) in [7, 11) is 0. The fourth-order valence-corrected chi connectivity index (χ4v) is 2.86. The summed E-state index contributed by atoms with van der Waals surface area (Å²) >= 11 is 0. The number of nitrogens with one attached hydrogen (secondary N) is 1. The normalized spacial score (nSPS) is 19.3. The summed E-state index contributed by atoms with van der Waals surface area (Å²) in [6.45, 7) is 2.67. The highest BCUT2D eigenvalue weighted by molar-refractivity contribution is 5.84. The molecular weight excluding hydrogens is 323 g/mol. The summed E-state index contributed by atoms with van der Waals surface area (Å²) in [4.78, 5) is 18.0. The molecule has 1 aliphatic rings. The highest BCUT2D eigenvalue weighted by atomic mass is 19.4. The molecule has 24 heavy (non-hydrogen) atoms. The van der Waals surface area contributed by atoms with Gasteiger partial charge in [0.15, 0.2) is 0 Å². The van der Waals surface area contributed by atoms with Crippen molar-refractivity contribution in [2.24, 2.45) is 0 Å². The molecular formula is C16H16F3N3O2. The number of halogens is 3. The molecule has 5 nitrogen and oxygen atoms in total. The molecule has 0 aliphatic carbocycles. The van der Waals surface area contributed by atoms with Gasteiger partial charge in [0.25, 0.3) is 0 Å². The maximum atomic E-state index is 13.3. The van der Waals surface area contributed by atoms with Crippen LogP contribution < -0.4 is 5.32 Å². The van der Waals surface area contributed by atoms with Crippen molar-refractivity contribution in [3.63, 3.8) is 0 Å². The minimum Gasteiger partial charge on any atom is -0.445 e. The van der Waals surface area contributed by atoms with Crippen LogP contribution in [0, 0.1) is 6.92 Å². The van der Waals surface area contributed by atoms with Gasteiger partial charge in [-0.2, -0.15) is 13.2 Å². The standard InChI is InChI=1S/C16H16F3N3O2/c1-10-8-21-13(24-10)9-22-7-6-20-15(23)14(22)11-4-2-3-5-12(11)16(17,18)19/h2-5,8,14H,6-7,9H2,1H3,(H,20,23)/t14-/m0/s1. The molecule has 0 unspecified atom stereocenters. The van der Waals surface area contributed by atoms with E-state index in [1.165, 1.54) is 24.4 Å². The van der Waals surface area contributed by atoms with Gasteiger partial charge in [-0.1, -0.05) is 18.2 Å². The zero-order valence-corrected chi connectivity index (χ0v) is 12.9. The van der Waals surface area contributed by atoms with E-state index in [-0.39, 0.29) is 12.1 Å². The summed E-state index contributed by atoms with van der Waals surface area (Å²) in [5.74, 6) is 0.525. The number of hydrogen-bond acceptors (Lipinski definition) is 4. The molecule has 1 amide bonds. The molecule has 128 valence electrons. The van der Waals surface area contributed by atoms with Crippen LogP contribution in [0.5, 0.6) is 0 Å². The van der Waals surface area contributed by atoms with Crippen molar-refractivity contribution in [1.82, 2.24) is 15.2 Å². The molecule has 0 bridgehead atoms. The second-order valence-electron chi connectivity index (χ2n) is 5.61. The summed E-state index contributed by atoms with van der Waals surface area (Å²) in [5, 5.41) is 2.63. The van der Waals surface area contributed by atoms with E-state index >= 15 is 0 Å². The van der Waals surface area contributed by atoms with Gasteiger partial charge in [-0.05, 0) is 18.6 Å². The van der Waals surface area contributed by atoms with Crippen LogP contribution in [0.4, 0.5) is 13.2 Å². The van der Waals surface area contributed by atoms with Crippen LogP contribution >= 0.6 is 0 Å². The molecule has 8 heteroatoms. The Balaban J connectivity index is 1.97. The maximum Gasteiger partial charge on any atom is 0.416 e. The van der Waals surface area contributed by atoms with Gasteiger partial charge in [0.05, 0.1) is 18.3 Å². The number of carbonyl (C=O) groups is 1. The van der Waals surface area contributed by atoms with Crippen LogP contribution in [0.2, 0.25) is 0 Å². The van der Waals surface area contributed by atoms with Crippen LogP contribution in [0.15, 0.2) is 34.9 Å². The number of amides is 1. The lowest BCUT2D eigenvalue weighted by molar-refractivity contribution is -0.140. The van der Waals surface area contributed by atoms with E-state index in [9.17, 15) is 18.0 Å². The predicted octanol–water partition coefficient (Wildman–Crippen LogP) is 2.67. The van der Waals surface area contributed by atoms with Gasteiger partial charge in [0.2, 0.25) is 11.8 Å². The van der Waals surface area contributed by atoms with E-state index in [2.05, 4.69) is 10.3 Å². The number of nitrogens with zero attached hydrogens (tertiary/aromatic N) is 2. The van der Waals surface area contributed by atoms with Crippen LogP contribution in [0.25, 0.3) is 0 Å². The van der Waals surface area contributed by atoms with Crippen molar-refractivity contribution in [1.29, 1.82) is 0 Å². The van der Waals surface area contributed by atoms with E-state index in [1.54, 1.807) is 11.8 Å². The molecule has 1 aromatic carbocycles. The Hall–Kier alpha value is -2.35. The number of carbonyl (C=O) groups excluding carboxylic acids is 1. The lowest BCUT2D eigenvalue weighted by Crippen LogP contribution is -2.50. The molecule has 1 fully saturated rings. The number of benzene rings is 1. The van der Waals surface area contributed by atoms with Gasteiger partial charge in [0, 0.05) is 13.1 Å². The number of aryl methyl sites for hydroxylation is 1. The molecule has 3 rings (SSSR count). The van der Waals surface area contributed by atoms with Crippen LogP contribution in [0.3, 0.4) is 0 Å². The number of piperazine rings is 1. The predicted molar refractivity (Wildman–Crippen MR) is 78.8 cm³/mol. The van der Waals surface area contributed by atoms with Gasteiger partial charge in [-0.25, -0.2) is 4.98 Å². The Labute approximate surface area is 136 Å². The first-order chi connectivity index (χ1) is 11.4. The summed E-state index contributed by atoms with van der Waals surface area (Å²) in [6.07, 6.45) is -2.99. The highest BCUT2D eigenvalue weighted by Gasteiger charge is 2.40. The fraction of sp³-hybridized carbons (Fsp3) is 0.375. The van der Waals surface area contributed by atoms with Crippen molar-refractivity contribution in [2.45, 2.75) is 25.7 Å². The van der Waals surface area contributed by atoms with Crippen LogP contribution in [-0.2, 0) is 17.5 Å². The minimum absolute atomic E-state index is 0.0644. The lowest BCUT2D eigenvalue weighted by atomic mass is 9.96. The van der Waals surface area contributed by atoms with Gasteiger partial charge in [0.1, 0.15) is 11.8 Å². The summed E-state index contributed by atoms with van der Waals surface area (Å²) < 4.78 is 45.3. The maximum absolute atomic E-state index is 13.3. The van der Waals surface area contributed by atoms with Gasteiger partial charge < -0.3 is 9.73 Å². The SMILES string of the molecule is Cc1cnc(CN2CCNC(=O)[C@@H]2c2ccccc2C(F)(F)F)o1. The third-order valence-electron chi connectivity index (χ3n) is 3.88. The second-order valence-corrected chi connectivity index (χ2v) is 5.61. The number of rotatable bonds is 3. The largest absolute Gasteiger partial charge is 0.445 e. The quantitative estimate of drug-likeness (QED) is 0.934. The zero-order chi connectivity index (χ0) is 17.3. The molecule has 1 aliphatic heterocycles. The summed E-state index contributed by atoms with van der Waals surface area (Å²) in [6, 6.07) is 4.11. The Kier molecular flexibility index (Phi) is 4.31. The molecule has 2 aromatic rings. The summed E-state index contributed by atoms with van der Waals surface area (Å²) in [5.41, 5.74) is -0.869. The molecule has 2 heterocycles. The first-order valence-electron chi connectivity index (χ1n) is 7.45. The fourth-order valence-electron chi connectivity index (χ4n) is 2.86. The average Bonchev–Trinajstić information content (AvgIpc) is 2.92. The Morgan fingerprint density at radius 3 is 2.79 bits per heavy atom. The van der Waals surface area contributed by atoms with E-state index in [0.717, 1.165) is 6.07 Å². The Morgan fingerprint density at radius 2 is 2.12 bits per heavy atom. The van der Waals surface area contributed by atoms with Gasteiger partial charge >= 0.3 is 6.18 Å². The topological polar surface area (TPSA) is 58.4 Å². The minimum atomic E-state index is -4.53. The van der Waals surface area contributed by atoms with E-state index < -0.39 is 23.7 Å². The first kappa shape index (κ1) is 16.5. The van der Waals surface area contributed by atoms with Crippen molar-refractivity contribution < 1.29 is 22.4 Å². The van der Waals surface area contributed by atoms with Crippen molar-refractivity contribution in [3.05, 3.63) is 53.2 Å². The van der Waals surface area contributed by atoms with Gasteiger partial charge in [-0.3, -0.25) is 9.69 Å². The highest BCUT2D eigenvalue weighted by Crippen LogP contribution is 2.37. The first-order valence-corrected chi connectivity index (χ1v) is 7.45.